The SMILES string of the molecule is CN[C@@H](C)C(=O)N[C@H](C(=O)N1CC[C@@H]2[C@H]1[C@@H](C(=O)NC1CCCc3ccccc31)CN2C(C)=O)C1CCCCC1. The van der Waals surface area contributed by atoms with Crippen molar-refractivity contribution in [2.75, 3.05) is 20.1 Å². The molecule has 3 N–H and O–H groups in total. The number of aryl methyl sites for hydroxylation is 1. The van der Waals surface area contributed by atoms with Crippen LogP contribution < -0.4 is 16.0 Å². The molecule has 9 nitrogen and oxygen atoms in total. The molecule has 2 heterocycles. The largest absolute Gasteiger partial charge is 0.349 e. The molecule has 1 saturated carbocycles. The van der Waals surface area contributed by atoms with Crippen molar-refractivity contribution in [3.63, 3.8) is 0 Å². The summed E-state index contributed by atoms with van der Waals surface area (Å²) in [4.78, 5) is 57.4. The minimum absolute atomic E-state index is 0.0647. The number of likely N-dealkylation sites (tertiary alicyclic amines) is 2. The van der Waals surface area contributed by atoms with Crippen LogP contribution in [0.3, 0.4) is 0 Å². The van der Waals surface area contributed by atoms with E-state index in [0.717, 1.165) is 56.9 Å². The molecule has 4 aliphatic rings. The Morgan fingerprint density at radius 1 is 0.950 bits per heavy atom. The molecule has 3 fully saturated rings. The van der Waals surface area contributed by atoms with Crippen LogP contribution in [0, 0.1) is 11.8 Å². The van der Waals surface area contributed by atoms with Gasteiger partial charge in [0.15, 0.2) is 0 Å². The molecule has 40 heavy (non-hydrogen) atoms. The Hall–Kier alpha value is -2.94. The zero-order valence-electron chi connectivity index (χ0n) is 24.2. The maximum absolute atomic E-state index is 14.3. The van der Waals surface area contributed by atoms with Gasteiger partial charge in [0.25, 0.3) is 0 Å². The predicted molar refractivity (Wildman–Crippen MR) is 152 cm³/mol. The molecular formula is C31H45N5O4. The Labute approximate surface area is 237 Å². The van der Waals surface area contributed by atoms with E-state index in [9.17, 15) is 19.2 Å². The van der Waals surface area contributed by atoms with Gasteiger partial charge in [-0.25, -0.2) is 0 Å². The van der Waals surface area contributed by atoms with Crippen LogP contribution in [0.4, 0.5) is 0 Å². The lowest BCUT2D eigenvalue weighted by molar-refractivity contribution is -0.141. The second-order valence-corrected chi connectivity index (χ2v) is 12.2. The van der Waals surface area contributed by atoms with Gasteiger partial charge in [0.05, 0.1) is 30.1 Å². The Bertz CT molecular complexity index is 1120. The molecule has 0 aromatic heterocycles. The molecule has 0 radical (unpaired) electrons. The zero-order valence-corrected chi connectivity index (χ0v) is 24.2. The molecule has 1 aromatic rings. The van der Waals surface area contributed by atoms with Gasteiger partial charge >= 0.3 is 0 Å². The number of fused-ring (bicyclic) bond motifs is 2. The van der Waals surface area contributed by atoms with E-state index in [-0.39, 0.29) is 47.7 Å². The number of benzene rings is 1. The molecule has 2 aliphatic heterocycles. The smallest absolute Gasteiger partial charge is 0.245 e. The average Bonchev–Trinajstić information content (AvgIpc) is 3.57. The van der Waals surface area contributed by atoms with Gasteiger partial charge in [0.1, 0.15) is 6.04 Å². The fraction of sp³-hybridized carbons (Fsp3) is 0.677. The van der Waals surface area contributed by atoms with Gasteiger partial charge in [-0.05, 0) is 69.5 Å². The van der Waals surface area contributed by atoms with Crippen LogP contribution in [-0.4, -0.2) is 77.7 Å². The summed E-state index contributed by atoms with van der Waals surface area (Å²) < 4.78 is 0. The van der Waals surface area contributed by atoms with Crippen molar-refractivity contribution in [2.24, 2.45) is 11.8 Å². The monoisotopic (exact) mass is 551 g/mol. The highest BCUT2D eigenvalue weighted by molar-refractivity contribution is 5.91. The van der Waals surface area contributed by atoms with Gasteiger partial charge < -0.3 is 25.8 Å². The summed E-state index contributed by atoms with van der Waals surface area (Å²) in [5, 5.41) is 9.35. The fourth-order valence-electron chi connectivity index (χ4n) is 7.56. The second-order valence-electron chi connectivity index (χ2n) is 12.2. The minimum Gasteiger partial charge on any atom is -0.349 e. The molecule has 4 amide bonds. The first kappa shape index (κ1) is 28.6. The van der Waals surface area contributed by atoms with E-state index < -0.39 is 18.0 Å². The number of rotatable bonds is 7. The van der Waals surface area contributed by atoms with E-state index >= 15 is 0 Å². The molecule has 2 saturated heterocycles. The van der Waals surface area contributed by atoms with Crippen molar-refractivity contribution >= 4 is 23.6 Å². The molecule has 1 unspecified atom stereocenters. The highest BCUT2D eigenvalue weighted by Gasteiger charge is 2.55. The van der Waals surface area contributed by atoms with Gasteiger partial charge in [-0.3, -0.25) is 19.2 Å². The van der Waals surface area contributed by atoms with Crippen LogP contribution in [0.1, 0.15) is 82.4 Å². The van der Waals surface area contributed by atoms with E-state index in [0.29, 0.717) is 19.5 Å². The number of carbonyl (C=O) groups is 4. The molecule has 0 spiro atoms. The van der Waals surface area contributed by atoms with E-state index in [1.165, 1.54) is 5.56 Å². The first-order valence-corrected chi connectivity index (χ1v) is 15.2. The number of nitrogens with zero attached hydrogens (tertiary/aromatic N) is 2. The predicted octanol–water partition coefficient (Wildman–Crippen LogP) is 2.30. The summed E-state index contributed by atoms with van der Waals surface area (Å²) in [6.07, 6.45) is 8.58. The lowest BCUT2D eigenvalue weighted by Gasteiger charge is -2.36. The summed E-state index contributed by atoms with van der Waals surface area (Å²) >= 11 is 0. The molecular weight excluding hydrogens is 506 g/mol. The van der Waals surface area contributed by atoms with Gasteiger partial charge in [0, 0.05) is 20.0 Å². The number of hydrogen-bond donors (Lipinski definition) is 3. The number of carbonyl (C=O) groups excluding carboxylic acids is 4. The van der Waals surface area contributed by atoms with Crippen molar-refractivity contribution in [2.45, 2.75) is 102 Å². The van der Waals surface area contributed by atoms with Crippen LogP contribution in [0.25, 0.3) is 0 Å². The van der Waals surface area contributed by atoms with Crippen LogP contribution in [-0.2, 0) is 25.6 Å². The molecule has 0 bridgehead atoms. The molecule has 2 aliphatic carbocycles. The summed E-state index contributed by atoms with van der Waals surface area (Å²) in [7, 11) is 1.73. The van der Waals surface area contributed by atoms with Crippen molar-refractivity contribution in [1.82, 2.24) is 25.8 Å². The minimum atomic E-state index is -0.623. The van der Waals surface area contributed by atoms with E-state index in [2.05, 4.69) is 28.1 Å². The summed E-state index contributed by atoms with van der Waals surface area (Å²) in [6.45, 7) is 4.12. The number of likely N-dealkylation sites (N-methyl/N-ethyl adjacent to an activating group) is 1. The number of amides is 4. The van der Waals surface area contributed by atoms with Crippen LogP contribution in [0.5, 0.6) is 0 Å². The lowest BCUT2D eigenvalue weighted by atomic mass is 9.83. The van der Waals surface area contributed by atoms with Crippen LogP contribution in [0.15, 0.2) is 24.3 Å². The van der Waals surface area contributed by atoms with Crippen molar-refractivity contribution < 1.29 is 19.2 Å². The molecule has 1 aromatic carbocycles. The van der Waals surface area contributed by atoms with Gasteiger partial charge in [0.2, 0.25) is 23.6 Å². The Morgan fingerprint density at radius 3 is 2.42 bits per heavy atom. The molecule has 6 atom stereocenters. The maximum atomic E-state index is 14.3. The van der Waals surface area contributed by atoms with E-state index in [4.69, 9.17) is 0 Å². The standard InChI is InChI=1S/C31H45N5O4/c1-19(32-3)29(38)34-27(22-11-5-4-6-12-22)31(40)35-17-16-26-28(35)24(18-36(26)20(2)37)30(39)33-25-15-9-13-21-10-7-8-14-23(21)25/h7-8,10,14,19,22,24-28,32H,4-6,9,11-13,15-18H2,1-3H3,(H,33,39)(H,34,38)/t19-,24-,25?,26+,27-,28+/m0/s1. The van der Waals surface area contributed by atoms with Gasteiger partial charge in [-0.15, -0.1) is 0 Å². The average molecular weight is 552 g/mol. The quantitative estimate of drug-likeness (QED) is 0.482. The van der Waals surface area contributed by atoms with Crippen LogP contribution >= 0.6 is 0 Å². The first-order chi connectivity index (χ1) is 19.3. The normalized spacial score (nSPS) is 27.9. The first-order valence-electron chi connectivity index (χ1n) is 15.2. The van der Waals surface area contributed by atoms with Crippen molar-refractivity contribution in [3.05, 3.63) is 35.4 Å². The molecule has 9 heteroatoms. The topological polar surface area (TPSA) is 111 Å². The third kappa shape index (κ3) is 5.62. The van der Waals surface area contributed by atoms with E-state index in [1.54, 1.807) is 25.8 Å². The van der Waals surface area contributed by atoms with Gasteiger partial charge in [-0.2, -0.15) is 0 Å². The Morgan fingerprint density at radius 2 is 1.70 bits per heavy atom. The maximum Gasteiger partial charge on any atom is 0.245 e. The summed E-state index contributed by atoms with van der Waals surface area (Å²) in [6, 6.07) is 6.59. The summed E-state index contributed by atoms with van der Waals surface area (Å²) in [5.74, 6) is -0.894. The summed E-state index contributed by atoms with van der Waals surface area (Å²) in [5.41, 5.74) is 2.44. The van der Waals surface area contributed by atoms with Crippen molar-refractivity contribution in [1.29, 1.82) is 0 Å². The lowest BCUT2D eigenvalue weighted by Crippen LogP contribution is -2.58. The van der Waals surface area contributed by atoms with Crippen molar-refractivity contribution in [3.8, 4) is 0 Å². The fourth-order valence-corrected chi connectivity index (χ4v) is 7.56. The highest BCUT2D eigenvalue weighted by Crippen LogP contribution is 2.39. The molecule has 5 rings (SSSR count). The Kier molecular flexibility index (Phi) is 8.78. The Balaban J connectivity index is 1.39. The number of nitrogens with one attached hydrogen (secondary N) is 3. The van der Waals surface area contributed by atoms with Crippen LogP contribution in [0.2, 0.25) is 0 Å². The third-order valence-electron chi connectivity index (χ3n) is 9.85. The number of hydrogen-bond acceptors (Lipinski definition) is 5. The van der Waals surface area contributed by atoms with Gasteiger partial charge in [-0.1, -0.05) is 43.5 Å². The molecule has 218 valence electrons. The second kappa shape index (κ2) is 12.3. The highest BCUT2D eigenvalue weighted by atomic mass is 16.2. The van der Waals surface area contributed by atoms with E-state index in [1.807, 2.05) is 17.0 Å². The third-order valence-corrected chi connectivity index (χ3v) is 9.85. The zero-order chi connectivity index (χ0) is 28.4.